The molecule has 1 saturated heterocycles. The minimum absolute atomic E-state index is 0.124. The van der Waals surface area contributed by atoms with E-state index in [4.69, 9.17) is 4.74 Å². The van der Waals surface area contributed by atoms with Crippen LogP contribution in [0.5, 0.6) is 0 Å². The minimum Gasteiger partial charge on any atom is -0.444 e. The van der Waals surface area contributed by atoms with Crippen LogP contribution < -0.4 is 0 Å². The Hall–Kier alpha value is -1.93. The Bertz CT molecular complexity index is 698. The summed E-state index contributed by atoms with van der Waals surface area (Å²) in [7, 11) is 0. The van der Waals surface area contributed by atoms with Crippen molar-refractivity contribution < 1.29 is 35.9 Å². The van der Waals surface area contributed by atoms with Gasteiger partial charge in [0, 0.05) is 13.1 Å². The van der Waals surface area contributed by atoms with E-state index in [0.717, 1.165) is 0 Å². The summed E-state index contributed by atoms with van der Waals surface area (Å²) < 4.78 is 83.6. The third kappa shape index (κ3) is 6.04. The molecule has 158 valence electrons. The highest BCUT2D eigenvalue weighted by Gasteiger charge is 2.37. The minimum atomic E-state index is -4.73. The van der Waals surface area contributed by atoms with E-state index in [-0.39, 0.29) is 17.9 Å². The predicted molar refractivity (Wildman–Crippen MR) is 90.7 cm³/mol. The third-order valence-corrected chi connectivity index (χ3v) is 4.51. The molecule has 1 aliphatic heterocycles. The van der Waals surface area contributed by atoms with Crippen LogP contribution in [0.15, 0.2) is 18.2 Å². The highest BCUT2D eigenvalue weighted by atomic mass is 19.4. The average Bonchev–Trinajstić information content (AvgIpc) is 2.52. The van der Waals surface area contributed by atoms with Crippen LogP contribution in [0, 0.1) is 5.92 Å². The topological polar surface area (TPSA) is 29.5 Å². The van der Waals surface area contributed by atoms with Crippen LogP contribution >= 0.6 is 0 Å². The van der Waals surface area contributed by atoms with Gasteiger partial charge in [0.1, 0.15) is 5.60 Å². The summed E-state index contributed by atoms with van der Waals surface area (Å²) in [6.45, 7) is 5.76. The molecule has 0 aromatic heterocycles. The highest BCUT2D eigenvalue weighted by molar-refractivity contribution is 5.68. The molecule has 3 nitrogen and oxygen atoms in total. The van der Waals surface area contributed by atoms with Gasteiger partial charge in [-0.3, -0.25) is 0 Å². The van der Waals surface area contributed by atoms with Crippen LogP contribution in [-0.4, -0.2) is 29.7 Å². The fourth-order valence-electron chi connectivity index (χ4n) is 3.17. The fourth-order valence-corrected chi connectivity index (χ4v) is 3.17. The van der Waals surface area contributed by atoms with E-state index >= 15 is 0 Å². The lowest BCUT2D eigenvalue weighted by Crippen LogP contribution is -2.42. The second-order valence-corrected chi connectivity index (χ2v) is 7.98. The summed E-state index contributed by atoms with van der Waals surface area (Å²) in [5, 5.41) is 0. The molecule has 0 unspecified atom stereocenters. The molecule has 1 fully saturated rings. The van der Waals surface area contributed by atoms with Crippen molar-refractivity contribution in [3.8, 4) is 0 Å². The lowest BCUT2D eigenvalue weighted by Gasteiger charge is -2.33. The van der Waals surface area contributed by atoms with Crippen molar-refractivity contribution in [3.63, 3.8) is 0 Å². The number of hydrogen-bond donors (Lipinski definition) is 0. The molecule has 0 spiro atoms. The summed E-state index contributed by atoms with van der Waals surface area (Å²) in [6, 6.07) is 1.54. The Kier molecular flexibility index (Phi) is 6.25. The van der Waals surface area contributed by atoms with Gasteiger partial charge in [-0.1, -0.05) is 0 Å². The zero-order chi connectivity index (χ0) is 21.3. The number of likely N-dealkylation sites (tertiary alicyclic amines) is 1. The molecular weight excluding hydrogens is 388 g/mol. The summed E-state index contributed by atoms with van der Waals surface area (Å²) in [5.74, 6) is -0.247. The molecule has 2 rings (SSSR count). The molecule has 0 saturated carbocycles. The van der Waals surface area contributed by atoms with E-state index < -0.39 is 35.2 Å². The average molecular weight is 411 g/mol. The van der Waals surface area contributed by atoms with E-state index in [9.17, 15) is 31.1 Å². The van der Waals surface area contributed by atoms with Crippen molar-refractivity contribution in [3.05, 3.63) is 34.9 Å². The number of piperidine rings is 1. The number of alkyl halides is 6. The quantitative estimate of drug-likeness (QED) is 0.566. The smallest absolute Gasteiger partial charge is 0.416 e. The van der Waals surface area contributed by atoms with Gasteiger partial charge in [0.2, 0.25) is 0 Å². The molecule has 9 heteroatoms. The maximum absolute atomic E-state index is 13.2. The predicted octanol–water partition coefficient (Wildman–Crippen LogP) is 5.91. The summed E-state index contributed by atoms with van der Waals surface area (Å²) in [4.78, 5) is 13.5. The van der Waals surface area contributed by atoms with Crippen molar-refractivity contribution in [2.24, 2.45) is 5.92 Å². The lowest BCUT2D eigenvalue weighted by atomic mass is 9.87. The molecule has 28 heavy (non-hydrogen) atoms. The fraction of sp³-hybridized carbons (Fsp3) is 0.632. The maximum atomic E-state index is 13.2. The number of carbonyl (C=O) groups is 1. The molecule has 0 radical (unpaired) electrons. The molecule has 0 atom stereocenters. The number of benzene rings is 1. The van der Waals surface area contributed by atoms with E-state index in [1.807, 2.05) is 0 Å². The summed E-state index contributed by atoms with van der Waals surface area (Å²) in [5.41, 5.74) is -3.16. The first kappa shape index (κ1) is 22.4. The van der Waals surface area contributed by atoms with Gasteiger partial charge in [0.25, 0.3) is 0 Å². The third-order valence-electron chi connectivity index (χ3n) is 4.51. The molecule has 0 aliphatic carbocycles. The second kappa shape index (κ2) is 7.83. The number of hydrogen-bond acceptors (Lipinski definition) is 2. The van der Waals surface area contributed by atoms with Gasteiger partial charge >= 0.3 is 18.4 Å². The monoisotopic (exact) mass is 411 g/mol. The first-order valence-electron chi connectivity index (χ1n) is 8.92. The number of amides is 1. The molecule has 1 amide bonds. The number of nitrogens with zero attached hydrogens (tertiary/aromatic N) is 1. The number of ether oxygens (including phenoxy) is 1. The van der Waals surface area contributed by atoms with Gasteiger partial charge in [-0.05, 0) is 69.7 Å². The van der Waals surface area contributed by atoms with Crippen molar-refractivity contribution >= 4 is 6.09 Å². The molecule has 1 heterocycles. The Balaban J connectivity index is 2.11. The van der Waals surface area contributed by atoms with E-state index in [0.29, 0.717) is 44.1 Å². The van der Waals surface area contributed by atoms with Gasteiger partial charge < -0.3 is 9.64 Å². The van der Waals surface area contributed by atoms with Crippen molar-refractivity contribution in [2.75, 3.05) is 13.1 Å². The first-order valence-corrected chi connectivity index (χ1v) is 8.92. The second-order valence-electron chi connectivity index (χ2n) is 7.98. The SMILES string of the molecule is CC(C)(C)OC(=O)N1CCC(Cc2cc(C(F)(F)F)ccc2C(F)(F)F)CC1. The Morgan fingerprint density at radius 1 is 1.04 bits per heavy atom. The van der Waals surface area contributed by atoms with Crippen LogP contribution in [0.2, 0.25) is 0 Å². The Labute approximate surface area is 159 Å². The van der Waals surface area contributed by atoms with Gasteiger partial charge in [-0.2, -0.15) is 26.3 Å². The first-order chi connectivity index (χ1) is 12.7. The van der Waals surface area contributed by atoms with E-state index in [1.54, 1.807) is 20.8 Å². The van der Waals surface area contributed by atoms with Gasteiger partial charge in [0.15, 0.2) is 0 Å². The van der Waals surface area contributed by atoms with Crippen molar-refractivity contribution in [1.82, 2.24) is 4.90 Å². The zero-order valence-electron chi connectivity index (χ0n) is 15.9. The van der Waals surface area contributed by atoms with Crippen LogP contribution in [0.4, 0.5) is 31.1 Å². The molecule has 1 aromatic rings. The zero-order valence-corrected chi connectivity index (χ0v) is 15.9. The summed E-state index contributed by atoms with van der Waals surface area (Å²) >= 11 is 0. The number of rotatable bonds is 2. The lowest BCUT2D eigenvalue weighted by molar-refractivity contribution is -0.141. The van der Waals surface area contributed by atoms with Gasteiger partial charge in [0.05, 0.1) is 11.1 Å². The Morgan fingerprint density at radius 3 is 2.07 bits per heavy atom. The van der Waals surface area contributed by atoms with Crippen LogP contribution in [0.1, 0.15) is 50.3 Å². The van der Waals surface area contributed by atoms with Crippen LogP contribution in [-0.2, 0) is 23.5 Å². The standard InChI is InChI=1S/C19H23F6NO2/c1-17(2,3)28-16(27)26-8-6-12(7-9-26)10-13-11-14(18(20,21)22)4-5-15(13)19(23,24)25/h4-5,11-12H,6-10H2,1-3H3. The summed E-state index contributed by atoms with van der Waals surface area (Å²) in [6.07, 6.45) is -9.27. The number of carbonyl (C=O) groups excluding carboxylic acids is 1. The Morgan fingerprint density at radius 2 is 1.61 bits per heavy atom. The van der Waals surface area contributed by atoms with Gasteiger partial charge in [-0.25, -0.2) is 4.79 Å². The van der Waals surface area contributed by atoms with Crippen molar-refractivity contribution in [1.29, 1.82) is 0 Å². The van der Waals surface area contributed by atoms with Crippen molar-refractivity contribution in [2.45, 2.75) is 58.0 Å². The largest absolute Gasteiger partial charge is 0.444 e. The molecular formula is C19H23F6NO2. The molecule has 1 aromatic carbocycles. The van der Waals surface area contributed by atoms with E-state index in [2.05, 4.69) is 0 Å². The molecule has 0 bridgehead atoms. The molecule has 0 N–H and O–H groups in total. The number of halogens is 6. The maximum Gasteiger partial charge on any atom is 0.416 e. The van der Waals surface area contributed by atoms with E-state index in [1.165, 1.54) is 4.90 Å². The van der Waals surface area contributed by atoms with Gasteiger partial charge in [-0.15, -0.1) is 0 Å². The van der Waals surface area contributed by atoms with Crippen LogP contribution in [0.3, 0.4) is 0 Å². The normalized spacial score (nSPS) is 17.0. The molecule has 1 aliphatic rings. The highest BCUT2D eigenvalue weighted by Crippen LogP contribution is 2.38. The van der Waals surface area contributed by atoms with Crippen LogP contribution in [0.25, 0.3) is 0 Å².